The van der Waals surface area contributed by atoms with Gasteiger partial charge in [0.1, 0.15) is 0 Å². The van der Waals surface area contributed by atoms with Crippen molar-refractivity contribution >= 4 is 10.8 Å². The summed E-state index contributed by atoms with van der Waals surface area (Å²) in [5.41, 5.74) is 8.09. The van der Waals surface area contributed by atoms with Gasteiger partial charge in [-0.3, -0.25) is 4.98 Å². The van der Waals surface area contributed by atoms with Crippen molar-refractivity contribution in [3.63, 3.8) is 0 Å². The number of hydrogen-bond acceptors (Lipinski definition) is 3. The molecule has 0 bridgehead atoms. The molecule has 106 valence electrons. The van der Waals surface area contributed by atoms with E-state index < -0.39 is 0 Å². The Bertz CT molecular complexity index is 595. The third-order valence-corrected chi connectivity index (χ3v) is 4.99. The van der Waals surface area contributed by atoms with Crippen LogP contribution < -0.4 is 5.73 Å². The maximum atomic E-state index is 6.74. The Morgan fingerprint density at radius 3 is 2.65 bits per heavy atom. The first kappa shape index (κ1) is 13.5. The van der Waals surface area contributed by atoms with Crippen molar-refractivity contribution in [1.82, 2.24) is 9.88 Å². The number of likely N-dealkylation sites (N-methyl/N-ethyl adjacent to an activating group) is 1. The van der Waals surface area contributed by atoms with Crippen molar-refractivity contribution in [1.29, 1.82) is 0 Å². The van der Waals surface area contributed by atoms with E-state index >= 15 is 0 Å². The van der Waals surface area contributed by atoms with Crippen LogP contribution in [0.1, 0.15) is 37.3 Å². The van der Waals surface area contributed by atoms with Crippen molar-refractivity contribution in [2.24, 2.45) is 5.73 Å². The van der Waals surface area contributed by atoms with Crippen LogP contribution in [0.4, 0.5) is 0 Å². The molecule has 1 aromatic carbocycles. The van der Waals surface area contributed by atoms with E-state index in [1.54, 1.807) is 0 Å². The van der Waals surface area contributed by atoms with Crippen molar-refractivity contribution < 1.29 is 0 Å². The monoisotopic (exact) mass is 269 g/mol. The van der Waals surface area contributed by atoms with Gasteiger partial charge in [-0.1, -0.05) is 31.0 Å². The standard InChI is InChI=1S/C17H23N3/c1-20(2)17(9-3-4-10-17)16(18)15-7-5-6-13-12-19-11-8-14(13)15/h5-8,11-12,16H,3-4,9-10,18H2,1-2H3. The molecule has 1 saturated carbocycles. The summed E-state index contributed by atoms with van der Waals surface area (Å²) in [6.45, 7) is 0. The number of aromatic nitrogens is 1. The molecule has 2 aromatic rings. The van der Waals surface area contributed by atoms with Crippen LogP contribution >= 0.6 is 0 Å². The lowest BCUT2D eigenvalue weighted by Gasteiger charge is -2.42. The molecule has 1 fully saturated rings. The average molecular weight is 269 g/mol. The van der Waals surface area contributed by atoms with Crippen molar-refractivity contribution in [2.45, 2.75) is 37.3 Å². The molecule has 20 heavy (non-hydrogen) atoms. The fraction of sp³-hybridized carbons (Fsp3) is 0.471. The van der Waals surface area contributed by atoms with Gasteiger partial charge in [-0.15, -0.1) is 0 Å². The van der Waals surface area contributed by atoms with Crippen LogP contribution in [0.15, 0.2) is 36.7 Å². The van der Waals surface area contributed by atoms with Gasteiger partial charge < -0.3 is 10.6 Å². The van der Waals surface area contributed by atoms with Crippen LogP contribution in [-0.4, -0.2) is 29.5 Å². The van der Waals surface area contributed by atoms with Gasteiger partial charge in [0.25, 0.3) is 0 Å². The molecule has 1 unspecified atom stereocenters. The number of benzene rings is 1. The second-order valence-corrected chi connectivity index (χ2v) is 6.13. The zero-order chi connectivity index (χ0) is 14.2. The molecule has 3 rings (SSSR count). The second kappa shape index (κ2) is 5.15. The maximum Gasteiger partial charge on any atom is 0.0488 e. The Morgan fingerprint density at radius 2 is 1.95 bits per heavy atom. The molecule has 0 aliphatic heterocycles. The van der Waals surface area contributed by atoms with E-state index in [4.69, 9.17) is 5.73 Å². The van der Waals surface area contributed by atoms with Gasteiger partial charge in [0.2, 0.25) is 0 Å². The van der Waals surface area contributed by atoms with Gasteiger partial charge in [0.05, 0.1) is 0 Å². The number of hydrogen-bond donors (Lipinski definition) is 1. The molecule has 1 aromatic heterocycles. The Kier molecular flexibility index (Phi) is 3.48. The van der Waals surface area contributed by atoms with Crippen molar-refractivity contribution in [3.8, 4) is 0 Å². The Balaban J connectivity index is 2.10. The minimum absolute atomic E-state index is 0.0473. The van der Waals surface area contributed by atoms with Crippen LogP contribution in [0.25, 0.3) is 10.8 Å². The lowest BCUT2D eigenvalue weighted by Crippen LogP contribution is -2.50. The number of nitrogens with two attached hydrogens (primary N) is 1. The zero-order valence-corrected chi connectivity index (χ0v) is 12.3. The minimum Gasteiger partial charge on any atom is -0.322 e. The summed E-state index contributed by atoms with van der Waals surface area (Å²) in [4.78, 5) is 6.55. The third kappa shape index (κ3) is 2.02. The quantitative estimate of drug-likeness (QED) is 0.931. The summed E-state index contributed by atoms with van der Waals surface area (Å²) in [7, 11) is 4.33. The van der Waals surface area contributed by atoms with Crippen LogP contribution in [0.3, 0.4) is 0 Å². The van der Waals surface area contributed by atoms with E-state index in [9.17, 15) is 0 Å². The van der Waals surface area contributed by atoms with Crippen molar-refractivity contribution in [2.75, 3.05) is 14.1 Å². The fourth-order valence-electron chi connectivity index (χ4n) is 3.73. The van der Waals surface area contributed by atoms with Gasteiger partial charge in [-0.05, 0) is 44.0 Å². The first-order chi connectivity index (χ1) is 9.65. The number of nitrogens with zero attached hydrogens (tertiary/aromatic N) is 2. The van der Waals surface area contributed by atoms with Gasteiger partial charge in [0.15, 0.2) is 0 Å². The van der Waals surface area contributed by atoms with Gasteiger partial charge >= 0.3 is 0 Å². The SMILES string of the molecule is CN(C)C1(C(N)c2cccc3cnccc23)CCCC1. The first-order valence-electron chi connectivity index (χ1n) is 7.41. The fourth-order valence-corrected chi connectivity index (χ4v) is 3.73. The molecule has 0 saturated heterocycles. The molecule has 1 atom stereocenters. The molecule has 0 amide bonds. The lowest BCUT2D eigenvalue weighted by molar-refractivity contribution is 0.124. The summed E-state index contributed by atoms with van der Waals surface area (Å²) in [5.74, 6) is 0. The number of pyridine rings is 1. The lowest BCUT2D eigenvalue weighted by atomic mass is 9.81. The predicted octanol–water partition coefficient (Wildman–Crippen LogP) is 3.11. The smallest absolute Gasteiger partial charge is 0.0488 e. The molecular weight excluding hydrogens is 246 g/mol. The topological polar surface area (TPSA) is 42.1 Å². The van der Waals surface area contributed by atoms with Crippen LogP contribution in [0.5, 0.6) is 0 Å². The van der Waals surface area contributed by atoms with Crippen LogP contribution in [0, 0.1) is 0 Å². The average Bonchev–Trinajstić information content (AvgIpc) is 2.97. The third-order valence-electron chi connectivity index (χ3n) is 4.99. The summed E-state index contributed by atoms with van der Waals surface area (Å²) in [6, 6.07) is 8.51. The highest BCUT2D eigenvalue weighted by Gasteiger charge is 2.42. The second-order valence-electron chi connectivity index (χ2n) is 6.13. The van der Waals surface area contributed by atoms with E-state index in [-0.39, 0.29) is 11.6 Å². The Morgan fingerprint density at radius 1 is 1.20 bits per heavy atom. The molecule has 2 N–H and O–H groups in total. The van der Waals surface area contributed by atoms with Gasteiger partial charge in [-0.2, -0.15) is 0 Å². The van der Waals surface area contributed by atoms with Crippen LogP contribution in [0.2, 0.25) is 0 Å². The van der Waals surface area contributed by atoms with Crippen LogP contribution in [-0.2, 0) is 0 Å². The van der Waals surface area contributed by atoms with E-state index in [0.29, 0.717) is 0 Å². The highest BCUT2D eigenvalue weighted by molar-refractivity contribution is 5.85. The molecule has 1 aliphatic carbocycles. The summed E-state index contributed by atoms with van der Waals surface area (Å²) < 4.78 is 0. The zero-order valence-electron chi connectivity index (χ0n) is 12.3. The van der Waals surface area contributed by atoms with Gasteiger partial charge in [0, 0.05) is 29.4 Å². The van der Waals surface area contributed by atoms with Gasteiger partial charge in [-0.25, -0.2) is 0 Å². The molecule has 0 radical (unpaired) electrons. The molecule has 1 heterocycles. The molecule has 1 aliphatic rings. The molecular formula is C17H23N3. The predicted molar refractivity (Wildman–Crippen MR) is 83.6 cm³/mol. The van der Waals surface area contributed by atoms with E-state index in [0.717, 1.165) is 0 Å². The highest BCUT2D eigenvalue weighted by atomic mass is 15.2. The summed E-state index contributed by atoms with van der Waals surface area (Å²) in [6.07, 6.45) is 8.69. The van der Waals surface area contributed by atoms with E-state index in [1.165, 1.54) is 42.0 Å². The normalized spacial score (nSPS) is 19.6. The molecule has 3 heteroatoms. The van der Waals surface area contributed by atoms with Crippen molar-refractivity contribution in [3.05, 3.63) is 42.2 Å². The molecule has 0 spiro atoms. The summed E-state index contributed by atoms with van der Waals surface area (Å²) in [5, 5.41) is 2.41. The maximum absolute atomic E-state index is 6.74. The highest BCUT2D eigenvalue weighted by Crippen LogP contribution is 2.43. The number of fused-ring (bicyclic) bond motifs is 1. The van der Waals surface area contributed by atoms with E-state index in [1.807, 2.05) is 12.4 Å². The Hall–Kier alpha value is -1.45. The number of rotatable bonds is 3. The Labute approximate surface area is 120 Å². The minimum atomic E-state index is 0.0473. The summed E-state index contributed by atoms with van der Waals surface area (Å²) >= 11 is 0. The molecule has 3 nitrogen and oxygen atoms in total. The first-order valence-corrected chi connectivity index (χ1v) is 7.41. The van der Waals surface area contributed by atoms with E-state index in [2.05, 4.69) is 48.2 Å². The largest absolute Gasteiger partial charge is 0.322 e.